The molecule has 1 fully saturated rings. The van der Waals surface area contributed by atoms with Crippen LogP contribution in [0, 0.1) is 0 Å². The van der Waals surface area contributed by atoms with Crippen molar-refractivity contribution in [1.82, 2.24) is 10.2 Å². The Morgan fingerprint density at radius 1 is 1.28 bits per heavy atom. The fraction of sp³-hybridized carbons (Fsp3) is 0.389. The van der Waals surface area contributed by atoms with E-state index in [1.165, 1.54) is 4.88 Å². The predicted octanol–water partition coefficient (Wildman–Crippen LogP) is 3.08. The molecule has 1 saturated heterocycles. The van der Waals surface area contributed by atoms with E-state index in [9.17, 15) is 4.79 Å². The zero-order valence-corrected chi connectivity index (χ0v) is 16.2. The van der Waals surface area contributed by atoms with E-state index in [0.29, 0.717) is 12.3 Å². The minimum atomic E-state index is -0.113. The Balaban J connectivity index is 1.51. The van der Waals surface area contributed by atoms with Gasteiger partial charge in [-0.25, -0.2) is 0 Å². The number of nitrogens with one attached hydrogen (secondary N) is 1. The van der Waals surface area contributed by atoms with Gasteiger partial charge in [-0.1, -0.05) is 22.0 Å². The Kier molecular flexibility index (Phi) is 6.86. The van der Waals surface area contributed by atoms with Gasteiger partial charge >= 0.3 is 0 Å². The van der Waals surface area contributed by atoms with Crippen LogP contribution in [-0.2, 0) is 9.53 Å². The van der Waals surface area contributed by atoms with Crippen LogP contribution in [0.25, 0.3) is 0 Å². The molecule has 3 rings (SSSR count). The maximum absolute atomic E-state index is 12.2. The van der Waals surface area contributed by atoms with E-state index in [2.05, 4.69) is 37.6 Å². The SMILES string of the molecule is O=C(COc1ccc(Br)cc1)NCC(c1cccs1)N1CCOCC1. The zero-order valence-electron chi connectivity index (χ0n) is 13.8. The number of hydrogen-bond donors (Lipinski definition) is 1. The number of rotatable bonds is 7. The van der Waals surface area contributed by atoms with Crippen LogP contribution in [0.4, 0.5) is 0 Å². The lowest BCUT2D eigenvalue weighted by Gasteiger charge is -2.34. The number of carbonyl (C=O) groups excluding carboxylic acids is 1. The Morgan fingerprint density at radius 2 is 2.04 bits per heavy atom. The molecule has 25 heavy (non-hydrogen) atoms. The minimum absolute atomic E-state index is 0.0158. The third-order valence-corrected chi connectivity index (χ3v) is 5.54. The molecule has 1 aliphatic heterocycles. The summed E-state index contributed by atoms with van der Waals surface area (Å²) in [5, 5.41) is 5.07. The fourth-order valence-electron chi connectivity index (χ4n) is 2.72. The van der Waals surface area contributed by atoms with E-state index in [-0.39, 0.29) is 18.6 Å². The van der Waals surface area contributed by atoms with Gasteiger partial charge in [-0.2, -0.15) is 0 Å². The average Bonchev–Trinajstić information content (AvgIpc) is 3.17. The van der Waals surface area contributed by atoms with Crippen molar-refractivity contribution in [3.05, 3.63) is 51.1 Å². The number of halogens is 1. The van der Waals surface area contributed by atoms with E-state index < -0.39 is 0 Å². The van der Waals surface area contributed by atoms with Crippen LogP contribution >= 0.6 is 27.3 Å². The van der Waals surface area contributed by atoms with Crippen molar-refractivity contribution in [2.24, 2.45) is 0 Å². The molecule has 2 aromatic rings. The summed E-state index contributed by atoms with van der Waals surface area (Å²) in [4.78, 5) is 15.8. The molecule has 7 heteroatoms. The van der Waals surface area contributed by atoms with Crippen LogP contribution in [0.15, 0.2) is 46.3 Å². The van der Waals surface area contributed by atoms with E-state index in [1.807, 2.05) is 30.3 Å². The number of thiophene rings is 1. The van der Waals surface area contributed by atoms with Crippen LogP contribution in [0.2, 0.25) is 0 Å². The first-order valence-electron chi connectivity index (χ1n) is 8.22. The van der Waals surface area contributed by atoms with E-state index in [1.54, 1.807) is 11.3 Å². The number of nitrogens with zero attached hydrogens (tertiary/aromatic N) is 1. The molecule has 0 saturated carbocycles. The third-order valence-electron chi connectivity index (χ3n) is 4.03. The van der Waals surface area contributed by atoms with Crippen molar-refractivity contribution in [2.75, 3.05) is 39.5 Å². The van der Waals surface area contributed by atoms with Gasteiger partial charge in [0.1, 0.15) is 5.75 Å². The first kappa shape index (κ1) is 18.4. The van der Waals surface area contributed by atoms with Gasteiger partial charge in [0.05, 0.1) is 19.3 Å². The number of benzene rings is 1. The summed E-state index contributed by atoms with van der Waals surface area (Å²) in [7, 11) is 0. The van der Waals surface area contributed by atoms with Crippen molar-refractivity contribution in [1.29, 1.82) is 0 Å². The highest BCUT2D eigenvalue weighted by Crippen LogP contribution is 2.25. The predicted molar refractivity (Wildman–Crippen MR) is 102 cm³/mol. The summed E-state index contributed by atoms with van der Waals surface area (Å²) in [6.45, 7) is 3.83. The highest BCUT2D eigenvalue weighted by Gasteiger charge is 2.23. The van der Waals surface area contributed by atoms with Gasteiger partial charge in [0, 0.05) is 29.0 Å². The normalized spacial score (nSPS) is 16.4. The number of carbonyl (C=O) groups is 1. The Morgan fingerprint density at radius 3 is 2.72 bits per heavy atom. The molecular formula is C18H21BrN2O3S. The van der Waals surface area contributed by atoms with E-state index in [4.69, 9.17) is 9.47 Å². The summed E-state index contributed by atoms with van der Waals surface area (Å²) >= 11 is 5.09. The first-order valence-corrected chi connectivity index (χ1v) is 9.90. The Bertz CT molecular complexity index is 657. The van der Waals surface area contributed by atoms with Crippen LogP contribution < -0.4 is 10.1 Å². The van der Waals surface area contributed by atoms with Gasteiger partial charge in [-0.05, 0) is 35.7 Å². The molecule has 0 radical (unpaired) electrons. The lowest BCUT2D eigenvalue weighted by atomic mass is 10.2. The second-order valence-corrected chi connectivity index (χ2v) is 7.62. The summed E-state index contributed by atoms with van der Waals surface area (Å²) in [5.74, 6) is 0.569. The molecule has 0 spiro atoms. The van der Waals surface area contributed by atoms with Crippen molar-refractivity contribution < 1.29 is 14.3 Å². The molecule has 1 aliphatic rings. The van der Waals surface area contributed by atoms with Crippen molar-refractivity contribution in [3.63, 3.8) is 0 Å². The highest BCUT2D eigenvalue weighted by molar-refractivity contribution is 9.10. The highest BCUT2D eigenvalue weighted by atomic mass is 79.9. The van der Waals surface area contributed by atoms with Crippen molar-refractivity contribution in [2.45, 2.75) is 6.04 Å². The topological polar surface area (TPSA) is 50.8 Å². The second kappa shape index (κ2) is 9.33. The summed E-state index contributed by atoms with van der Waals surface area (Å²) in [5.41, 5.74) is 0. The Labute approximate surface area is 160 Å². The maximum Gasteiger partial charge on any atom is 0.258 e. The summed E-state index contributed by atoms with van der Waals surface area (Å²) in [6.07, 6.45) is 0. The zero-order chi connectivity index (χ0) is 17.5. The third kappa shape index (κ3) is 5.54. The van der Waals surface area contributed by atoms with Crippen LogP contribution in [0.3, 0.4) is 0 Å². The number of amides is 1. The standard InChI is InChI=1S/C18H21BrN2O3S/c19-14-3-5-15(6-4-14)24-13-18(22)20-12-16(17-2-1-11-25-17)21-7-9-23-10-8-21/h1-6,11,16H,7-10,12-13H2,(H,20,22). The van der Waals surface area contributed by atoms with Crippen molar-refractivity contribution >= 4 is 33.2 Å². The number of hydrogen-bond acceptors (Lipinski definition) is 5. The lowest BCUT2D eigenvalue weighted by molar-refractivity contribution is -0.123. The Hall–Kier alpha value is -1.41. The molecule has 0 aliphatic carbocycles. The number of morpholine rings is 1. The molecule has 1 amide bonds. The molecule has 0 bridgehead atoms. The van der Waals surface area contributed by atoms with Gasteiger partial charge in [0.25, 0.3) is 5.91 Å². The number of ether oxygens (including phenoxy) is 2. The average molecular weight is 425 g/mol. The van der Waals surface area contributed by atoms with Gasteiger partial charge < -0.3 is 14.8 Å². The van der Waals surface area contributed by atoms with E-state index in [0.717, 1.165) is 30.8 Å². The lowest BCUT2D eigenvalue weighted by Crippen LogP contribution is -2.44. The monoisotopic (exact) mass is 424 g/mol. The summed E-state index contributed by atoms with van der Waals surface area (Å²) in [6, 6.07) is 11.8. The molecule has 1 aromatic carbocycles. The summed E-state index contributed by atoms with van der Waals surface area (Å²) < 4.78 is 11.9. The molecule has 2 heterocycles. The minimum Gasteiger partial charge on any atom is -0.484 e. The van der Waals surface area contributed by atoms with Crippen LogP contribution in [0.5, 0.6) is 5.75 Å². The molecule has 1 atom stereocenters. The molecular weight excluding hydrogens is 404 g/mol. The van der Waals surface area contributed by atoms with Crippen LogP contribution in [-0.4, -0.2) is 50.3 Å². The molecule has 1 unspecified atom stereocenters. The molecule has 1 N–H and O–H groups in total. The fourth-order valence-corrected chi connectivity index (χ4v) is 3.85. The molecule has 134 valence electrons. The second-order valence-electron chi connectivity index (χ2n) is 5.73. The van der Waals surface area contributed by atoms with Crippen molar-refractivity contribution in [3.8, 4) is 5.75 Å². The van der Waals surface area contributed by atoms with Gasteiger partial charge in [0.15, 0.2) is 6.61 Å². The van der Waals surface area contributed by atoms with Gasteiger partial charge in [-0.3, -0.25) is 9.69 Å². The smallest absolute Gasteiger partial charge is 0.258 e. The molecule has 5 nitrogen and oxygen atoms in total. The molecule has 1 aromatic heterocycles. The van der Waals surface area contributed by atoms with Gasteiger partial charge in [0.2, 0.25) is 0 Å². The first-order chi connectivity index (χ1) is 12.2. The quantitative estimate of drug-likeness (QED) is 0.741. The maximum atomic E-state index is 12.2. The van der Waals surface area contributed by atoms with E-state index >= 15 is 0 Å². The van der Waals surface area contributed by atoms with Crippen LogP contribution in [0.1, 0.15) is 10.9 Å². The van der Waals surface area contributed by atoms with Gasteiger partial charge in [-0.15, -0.1) is 11.3 Å². The largest absolute Gasteiger partial charge is 0.484 e.